The van der Waals surface area contributed by atoms with Crippen molar-refractivity contribution in [1.82, 2.24) is 24.6 Å². The molecule has 4 aromatic rings. The van der Waals surface area contributed by atoms with Crippen LogP contribution in [0.2, 0.25) is 0 Å². The highest BCUT2D eigenvalue weighted by molar-refractivity contribution is 7.87. The lowest BCUT2D eigenvalue weighted by atomic mass is 10.1. The molecule has 0 unspecified atom stereocenters. The maximum atomic E-state index is 11.4. The molecule has 0 amide bonds. The van der Waals surface area contributed by atoms with Gasteiger partial charge in [0, 0.05) is 7.05 Å². The third kappa shape index (κ3) is 4.25. The van der Waals surface area contributed by atoms with Gasteiger partial charge in [0.1, 0.15) is 5.01 Å². The number of rotatable bonds is 7. The van der Waals surface area contributed by atoms with Crippen molar-refractivity contribution in [2.24, 2.45) is 0 Å². The topological polar surface area (TPSA) is 110 Å². The first-order valence-electron chi connectivity index (χ1n) is 8.47. The Kier molecular flexibility index (Phi) is 5.18. The second-order valence-corrected chi connectivity index (χ2v) is 8.77. The number of thiazole rings is 1. The lowest BCUT2D eigenvalue weighted by molar-refractivity contribution is 0.450. The average molecular weight is 416 g/mol. The van der Waals surface area contributed by atoms with E-state index in [1.54, 1.807) is 11.3 Å². The molecule has 4 rings (SSSR count). The second kappa shape index (κ2) is 7.76. The number of hydrogen-bond acceptors (Lipinski definition) is 7. The molecule has 0 spiro atoms. The summed E-state index contributed by atoms with van der Waals surface area (Å²) in [7, 11) is -2.23. The zero-order chi connectivity index (χ0) is 19.6. The number of aromatic nitrogens is 3. The predicted octanol–water partition coefficient (Wildman–Crippen LogP) is 2.49. The van der Waals surface area contributed by atoms with Gasteiger partial charge >= 0.3 is 0 Å². The lowest BCUT2D eigenvalue weighted by Gasteiger charge is -2.00. The number of fused-ring (bicyclic) bond motifs is 1. The normalized spacial score (nSPS) is 11.9. The van der Waals surface area contributed by atoms with E-state index < -0.39 is 10.2 Å². The fourth-order valence-corrected chi connectivity index (χ4v) is 4.10. The summed E-state index contributed by atoms with van der Waals surface area (Å²) in [5.41, 5.74) is 3.21. The van der Waals surface area contributed by atoms with Gasteiger partial charge in [-0.3, -0.25) is 0 Å². The van der Waals surface area contributed by atoms with Crippen LogP contribution in [0.25, 0.3) is 21.3 Å². The minimum atomic E-state index is -3.55. The van der Waals surface area contributed by atoms with Gasteiger partial charge in [0.2, 0.25) is 11.8 Å². The zero-order valence-electron chi connectivity index (χ0n) is 14.9. The standard InChI is InChI=1S/C18H17N5O3S2/c1-19-28(24,25)20-11-17-23-22-16(26-17)10-18-21-14-8-7-13(9-15(14)27-18)12-5-3-2-4-6-12/h2-9,19-20H,10-11H2,1H3. The Bertz CT molecular complexity index is 1200. The molecule has 2 N–H and O–H groups in total. The average Bonchev–Trinajstić information content (AvgIpc) is 3.33. The van der Waals surface area contributed by atoms with Gasteiger partial charge in [-0.05, 0) is 23.3 Å². The molecule has 0 aliphatic rings. The Balaban J connectivity index is 1.49. The van der Waals surface area contributed by atoms with Crippen LogP contribution >= 0.6 is 11.3 Å². The Morgan fingerprint density at radius 2 is 1.82 bits per heavy atom. The van der Waals surface area contributed by atoms with E-state index in [1.807, 2.05) is 24.3 Å². The fraction of sp³-hybridized carbons (Fsp3) is 0.167. The van der Waals surface area contributed by atoms with E-state index >= 15 is 0 Å². The molecule has 0 saturated heterocycles. The van der Waals surface area contributed by atoms with Crippen molar-refractivity contribution in [3.8, 4) is 11.1 Å². The Morgan fingerprint density at radius 1 is 1.04 bits per heavy atom. The van der Waals surface area contributed by atoms with E-state index in [-0.39, 0.29) is 12.4 Å². The summed E-state index contributed by atoms with van der Waals surface area (Å²) in [5.74, 6) is 0.585. The smallest absolute Gasteiger partial charge is 0.277 e. The highest BCUT2D eigenvalue weighted by atomic mass is 32.2. The van der Waals surface area contributed by atoms with Crippen molar-refractivity contribution in [2.75, 3.05) is 7.05 Å². The number of nitrogens with zero attached hydrogens (tertiary/aromatic N) is 3. The van der Waals surface area contributed by atoms with E-state index in [0.29, 0.717) is 12.3 Å². The maximum Gasteiger partial charge on any atom is 0.277 e. The first kappa shape index (κ1) is 18.7. The van der Waals surface area contributed by atoms with Crippen molar-refractivity contribution in [1.29, 1.82) is 0 Å². The van der Waals surface area contributed by atoms with Crippen LogP contribution < -0.4 is 9.44 Å². The van der Waals surface area contributed by atoms with E-state index in [4.69, 9.17) is 4.42 Å². The first-order valence-corrected chi connectivity index (χ1v) is 10.8. The van der Waals surface area contributed by atoms with Crippen LogP contribution in [0.15, 0.2) is 52.9 Å². The zero-order valence-corrected chi connectivity index (χ0v) is 16.5. The first-order chi connectivity index (χ1) is 13.5. The van der Waals surface area contributed by atoms with Gasteiger partial charge in [0.05, 0.1) is 23.2 Å². The van der Waals surface area contributed by atoms with Gasteiger partial charge in [-0.25, -0.2) is 9.71 Å². The molecule has 28 heavy (non-hydrogen) atoms. The van der Waals surface area contributed by atoms with Crippen LogP contribution in [0.3, 0.4) is 0 Å². The van der Waals surface area contributed by atoms with Crippen LogP contribution in [0.4, 0.5) is 0 Å². The molecule has 2 heterocycles. The molecule has 0 atom stereocenters. The summed E-state index contributed by atoms with van der Waals surface area (Å²) in [4.78, 5) is 4.62. The Hall–Kier alpha value is -2.66. The van der Waals surface area contributed by atoms with Crippen LogP contribution in [-0.2, 0) is 23.2 Å². The molecule has 0 aliphatic heterocycles. The summed E-state index contributed by atoms with van der Waals surface area (Å²) in [5, 5.41) is 8.68. The quantitative estimate of drug-likeness (QED) is 0.480. The van der Waals surface area contributed by atoms with Gasteiger partial charge in [-0.2, -0.15) is 13.1 Å². The summed E-state index contributed by atoms with van der Waals surface area (Å²) in [6.45, 7) is -0.0730. The third-order valence-corrected chi connectivity index (χ3v) is 6.11. The van der Waals surface area contributed by atoms with Crippen molar-refractivity contribution in [3.63, 3.8) is 0 Å². The summed E-state index contributed by atoms with van der Waals surface area (Å²) >= 11 is 1.57. The summed E-state index contributed by atoms with van der Waals surface area (Å²) in [6, 6.07) is 16.4. The molecular formula is C18H17N5O3S2. The second-order valence-electron chi connectivity index (χ2n) is 5.95. The largest absolute Gasteiger partial charge is 0.423 e. The highest BCUT2D eigenvalue weighted by Crippen LogP contribution is 2.29. The van der Waals surface area contributed by atoms with Crippen molar-refractivity contribution < 1.29 is 12.8 Å². The predicted molar refractivity (Wildman–Crippen MR) is 107 cm³/mol. The van der Waals surface area contributed by atoms with Gasteiger partial charge < -0.3 is 4.42 Å². The minimum Gasteiger partial charge on any atom is -0.423 e. The molecular weight excluding hydrogens is 398 g/mol. The van der Waals surface area contributed by atoms with Gasteiger partial charge in [-0.15, -0.1) is 21.5 Å². The number of benzene rings is 2. The number of hydrogen-bond donors (Lipinski definition) is 2. The molecule has 144 valence electrons. The van der Waals surface area contributed by atoms with Crippen molar-refractivity contribution >= 4 is 31.8 Å². The minimum absolute atomic E-state index is 0.0730. The van der Waals surface area contributed by atoms with Crippen molar-refractivity contribution in [2.45, 2.75) is 13.0 Å². The Morgan fingerprint density at radius 3 is 2.61 bits per heavy atom. The molecule has 0 aliphatic carbocycles. The SMILES string of the molecule is CNS(=O)(=O)NCc1nnc(Cc2nc3ccc(-c4ccccc4)cc3s2)o1. The highest BCUT2D eigenvalue weighted by Gasteiger charge is 2.13. The number of nitrogens with one attached hydrogen (secondary N) is 2. The van der Waals surface area contributed by atoms with E-state index in [0.717, 1.165) is 26.4 Å². The molecule has 0 saturated carbocycles. The van der Waals surface area contributed by atoms with Crippen LogP contribution in [0, 0.1) is 0 Å². The maximum absolute atomic E-state index is 11.4. The van der Waals surface area contributed by atoms with E-state index in [9.17, 15) is 8.42 Å². The van der Waals surface area contributed by atoms with Crippen molar-refractivity contribution in [3.05, 3.63) is 65.3 Å². The monoisotopic (exact) mass is 415 g/mol. The molecule has 2 aromatic carbocycles. The van der Waals surface area contributed by atoms with Crippen LogP contribution in [0.5, 0.6) is 0 Å². The Labute approximate surface area is 165 Å². The molecule has 10 heteroatoms. The molecule has 0 radical (unpaired) electrons. The van der Waals surface area contributed by atoms with Gasteiger partial charge in [0.25, 0.3) is 10.2 Å². The van der Waals surface area contributed by atoms with Gasteiger partial charge in [0.15, 0.2) is 0 Å². The summed E-state index contributed by atoms with van der Waals surface area (Å²) in [6.07, 6.45) is 0.395. The molecule has 0 bridgehead atoms. The van der Waals surface area contributed by atoms with E-state index in [2.05, 4.69) is 48.9 Å². The molecule has 2 aromatic heterocycles. The fourth-order valence-electron chi connectivity index (χ4n) is 2.65. The van der Waals surface area contributed by atoms with E-state index in [1.165, 1.54) is 7.05 Å². The molecule has 0 fully saturated rings. The van der Waals surface area contributed by atoms with Crippen LogP contribution in [0.1, 0.15) is 16.8 Å². The van der Waals surface area contributed by atoms with Gasteiger partial charge in [-0.1, -0.05) is 36.4 Å². The lowest BCUT2D eigenvalue weighted by Crippen LogP contribution is -2.33. The summed E-state index contributed by atoms with van der Waals surface area (Å²) < 4.78 is 33.8. The van der Waals surface area contributed by atoms with Crippen LogP contribution in [-0.4, -0.2) is 30.6 Å². The molecule has 8 nitrogen and oxygen atoms in total. The third-order valence-electron chi connectivity index (χ3n) is 4.03.